The van der Waals surface area contributed by atoms with E-state index in [0.717, 1.165) is 25.2 Å². The van der Waals surface area contributed by atoms with Crippen molar-refractivity contribution in [2.45, 2.75) is 38.2 Å². The molecule has 1 saturated carbocycles. The number of carbonyl (C=O) groups is 2. The molecule has 2 rings (SSSR count). The van der Waals surface area contributed by atoms with Gasteiger partial charge in [0.1, 0.15) is 5.69 Å². The number of ether oxygens (including phenoxy) is 1. The van der Waals surface area contributed by atoms with Crippen LogP contribution in [0.3, 0.4) is 0 Å². The van der Waals surface area contributed by atoms with Crippen LogP contribution in [0.1, 0.15) is 53.1 Å². The minimum Gasteiger partial charge on any atom is -0.476 e. The van der Waals surface area contributed by atoms with Gasteiger partial charge in [-0.15, -0.1) is 0 Å². The number of nitrogens with one attached hydrogen (secondary N) is 1. The lowest BCUT2D eigenvalue weighted by Gasteiger charge is -2.21. The summed E-state index contributed by atoms with van der Waals surface area (Å²) in [6.07, 6.45) is 8.42. The lowest BCUT2D eigenvalue weighted by atomic mass is 9.98. The number of carboxylic acids is 1. The Morgan fingerprint density at radius 3 is 2.48 bits per heavy atom. The number of aromatic carboxylic acids is 1. The fraction of sp³-hybridized carbons (Fsp3) is 0.571. The predicted octanol–water partition coefficient (Wildman–Crippen LogP) is 1.25. The Morgan fingerprint density at radius 1 is 1.19 bits per heavy atom. The van der Waals surface area contributed by atoms with Crippen molar-refractivity contribution in [3.8, 4) is 0 Å². The third kappa shape index (κ3) is 4.78. The van der Waals surface area contributed by atoms with Crippen molar-refractivity contribution in [1.82, 2.24) is 15.3 Å². The summed E-state index contributed by atoms with van der Waals surface area (Å²) in [5, 5.41) is 11.4. The summed E-state index contributed by atoms with van der Waals surface area (Å²) in [5.74, 6) is -1.55. The molecule has 1 aromatic rings. The standard InChI is InChI=1S/C14H19N3O4/c18-13(11-8-17-12(9-16-11)14(19)20)15-6-7-21-10-4-2-1-3-5-10/h8-10H,1-7H2,(H,15,18)(H,19,20). The monoisotopic (exact) mass is 293 g/mol. The van der Waals surface area contributed by atoms with Crippen molar-refractivity contribution in [2.24, 2.45) is 0 Å². The van der Waals surface area contributed by atoms with Crippen molar-refractivity contribution in [3.63, 3.8) is 0 Å². The number of hydrogen-bond donors (Lipinski definition) is 2. The number of aromatic nitrogens is 2. The van der Waals surface area contributed by atoms with Crippen LogP contribution in [0.5, 0.6) is 0 Å². The van der Waals surface area contributed by atoms with Crippen LogP contribution in [0.25, 0.3) is 0 Å². The molecule has 0 spiro atoms. The molecule has 114 valence electrons. The van der Waals surface area contributed by atoms with Crippen LogP contribution in [0.4, 0.5) is 0 Å². The molecule has 1 fully saturated rings. The van der Waals surface area contributed by atoms with Gasteiger partial charge in [0.25, 0.3) is 5.91 Å². The van der Waals surface area contributed by atoms with E-state index in [1.165, 1.54) is 19.3 Å². The van der Waals surface area contributed by atoms with E-state index in [4.69, 9.17) is 9.84 Å². The third-order valence-corrected chi connectivity index (χ3v) is 3.40. The van der Waals surface area contributed by atoms with E-state index in [1.54, 1.807) is 0 Å². The SMILES string of the molecule is O=C(O)c1cnc(C(=O)NCCOC2CCCCC2)cn1. The average Bonchev–Trinajstić information content (AvgIpc) is 2.52. The van der Waals surface area contributed by atoms with Gasteiger partial charge in [-0.2, -0.15) is 0 Å². The first kappa shape index (κ1) is 15.4. The van der Waals surface area contributed by atoms with Crippen LogP contribution >= 0.6 is 0 Å². The Balaban J connectivity index is 1.70. The molecule has 1 amide bonds. The summed E-state index contributed by atoms with van der Waals surface area (Å²) >= 11 is 0. The first-order valence-electron chi connectivity index (χ1n) is 7.12. The summed E-state index contributed by atoms with van der Waals surface area (Å²) in [7, 11) is 0. The molecule has 0 aliphatic heterocycles. The topological polar surface area (TPSA) is 101 Å². The molecular weight excluding hydrogens is 274 g/mol. The number of carbonyl (C=O) groups excluding carboxylic acids is 1. The molecule has 0 aromatic carbocycles. The lowest BCUT2D eigenvalue weighted by Crippen LogP contribution is -2.30. The van der Waals surface area contributed by atoms with Crippen molar-refractivity contribution in [2.75, 3.05) is 13.2 Å². The Morgan fingerprint density at radius 2 is 1.86 bits per heavy atom. The highest BCUT2D eigenvalue weighted by atomic mass is 16.5. The van der Waals surface area contributed by atoms with E-state index < -0.39 is 5.97 Å². The third-order valence-electron chi connectivity index (χ3n) is 3.40. The Labute approximate surface area is 122 Å². The summed E-state index contributed by atoms with van der Waals surface area (Å²) in [4.78, 5) is 29.8. The molecular formula is C14H19N3O4. The Kier molecular flexibility index (Phi) is 5.62. The van der Waals surface area contributed by atoms with Gasteiger partial charge in [-0.05, 0) is 12.8 Å². The molecule has 21 heavy (non-hydrogen) atoms. The molecule has 1 aliphatic rings. The predicted molar refractivity (Wildman–Crippen MR) is 74.1 cm³/mol. The van der Waals surface area contributed by atoms with Crippen LogP contribution in [-0.4, -0.2) is 46.2 Å². The second-order valence-electron chi connectivity index (χ2n) is 4.98. The molecule has 0 unspecified atom stereocenters. The van der Waals surface area contributed by atoms with Crippen molar-refractivity contribution >= 4 is 11.9 Å². The van der Waals surface area contributed by atoms with Crippen LogP contribution in [0, 0.1) is 0 Å². The second kappa shape index (κ2) is 7.68. The zero-order chi connectivity index (χ0) is 15.1. The summed E-state index contributed by atoms with van der Waals surface area (Å²) in [6.45, 7) is 0.870. The minimum atomic E-state index is -1.17. The molecule has 7 heteroatoms. The van der Waals surface area contributed by atoms with Gasteiger partial charge in [0.2, 0.25) is 0 Å². The van der Waals surface area contributed by atoms with Crippen molar-refractivity contribution in [1.29, 1.82) is 0 Å². The Bertz CT molecular complexity index is 483. The van der Waals surface area contributed by atoms with Gasteiger partial charge in [-0.25, -0.2) is 14.8 Å². The van der Waals surface area contributed by atoms with E-state index in [2.05, 4.69) is 15.3 Å². The van der Waals surface area contributed by atoms with E-state index in [-0.39, 0.29) is 17.3 Å². The molecule has 0 radical (unpaired) electrons. The molecule has 1 aromatic heterocycles. The van der Waals surface area contributed by atoms with Gasteiger partial charge >= 0.3 is 5.97 Å². The van der Waals surface area contributed by atoms with Crippen molar-refractivity contribution < 1.29 is 19.4 Å². The van der Waals surface area contributed by atoms with Gasteiger partial charge in [0.05, 0.1) is 25.1 Å². The fourth-order valence-electron chi connectivity index (χ4n) is 2.27. The lowest BCUT2D eigenvalue weighted by molar-refractivity contribution is 0.0299. The van der Waals surface area contributed by atoms with Crippen molar-refractivity contribution in [3.05, 3.63) is 23.8 Å². The normalized spacial score (nSPS) is 15.6. The van der Waals surface area contributed by atoms with E-state index in [0.29, 0.717) is 19.3 Å². The molecule has 7 nitrogen and oxygen atoms in total. The number of carboxylic acid groups (broad SMARTS) is 1. The molecule has 0 saturated heterocycles. The first-order chi connectivity index (χ1) is 10.2. The van der Waals surface area contributed by atoms with Gasteiger partial charge < -0.3 is 15.2 Å². The van der Waals surface area contributed by atoms with Gasteiger partial charge in [-0.1, -0.05) is 19.3 Å². The van der Waals surface area contributed by atoms with Crippen LogP contribution < -0.4 is 5.32 Å². The van der Waals surface area contributed by atoms with Crippen LogP contribution in [-0.2, 0) is 4.74 Å². The molecule has 0 atom stereocenters. The zero-order valence-electron chi connectivity index (χ0n) is 11.7. The number of amides is 1. The van der Waals surface area contributed by atoms with Gasteiger partial charge in [0.15, 0.2) is 5.69 Å². The largest absolute Gasteiger partial charge is 0.476 e. The van der Waals surface area contributed by atoms with Crippen LogP contribution in [0.15, 0.2) is 12.4 Å². The number of nitrogens with zero attached hydrogens (tertiary/aromatic N) is 2. The Hall–Kier alpha value is -2.02. The quantitative estimate of drug-likeness (QED) is 0.765. The van der Waals surface area contributed by atoms with Gasteiger partial charge in [0, 0.05) is 6.54 Å². The highest BCUT2D eigenvalue weighted by Gasteiger charge is 2.14. The maximum absolute atomic E-state index is 11.8. The fourth-order valence-corrected chi connectivity index (χ4v) is 2.27. The highest BCUT2D eigenvalue weighted by Crippen LogP contribution is 2.19. The molecule has 1 heterocycles. The maximum atomic E-state index is 11.8. The average molecular weight is 293 g/mol. The molecule has 2 N–H and O–H groups in total. The summed E-state index contributed by atoms with van der Waals surface area (Å²) in [6, 6.07) is 0. The van der Waals surface area contributed by atoms with E-state index in [9.17, 15) is 9.59 Å². The minimum absolute atomic E-state index is 0.0951. The number of rotatable bonds is 6. The van der Waals surface area contributed by atoms with E-state index in [1.807, 2.05) is 0 Å². The maximum Gasteiger partial charge on any atom is 0.356 e. The summed E-state index contributed by atoms with van der Waals surface area (Å²) in [5.41, 5.74) is -0.0927. The molecule has 1 aliphatic carbocycles. The smallest absolute Gasteiger partial charge is 0.356 e. The van der Waals surface area contributed by atoms with E-state index >= 15 is 0 Å². The summed E-state index contributed by atoms with van der Waals surface area (Å²) < 4.78 is 5.69. The zero-order valence-corrected chi connectivity index (χ0v) is 11.7. The number of hydrogen-bond acceptors (Lipinski definition) is 5. The highest BCUT2D eigenvalue weighted by molar-refractivity contribution is 5.92. The van der Waals surface area contributed by atoms with Gasteiger partial charge in [-0.3, -0.25) is 4.79 Å². The second-order valence-corrected chi connectivity index (χ2v) is 4.98. The van der Waals surface area contributed by atoms with Crippen LogP contribution in [0.2, 0.25) is 0 Å². The first-order valence-corrected chi connectivity index (χ1v) is 7.12. The molecule has 0 bridgehead atoms.